The van der Waals surface area contributed by atoms with E-state index in [0.29, 0.717) is 25.6 Å². The summed E-state index contributed by atoms with van der Waals surface area (Å²) in [4.78, 5) is 40.6. The van der Waals surface area contributed by atoms with E-state index < -0.39 is 24.1 Å². The molecular weight excluding hydrogens is 336 g/mol. The van der Waals surface area contributed by atoms with Crippen LogP contribution in [0.15, 0.2) is 0 Å². The second-order valence-electron chi connectivity index (χ2n) is 7.83. The Morgan fingerprint density at radius 2 is 1.81 bits per heavy atom. The van der Waals surface area contributed by atoms with Gasteiger partial charge in [0.2, 0.25) is 11.8 Å². The van der Waals surface area contributed by atoms with E-state index in [2.05, 4.69) is 15.5 Å². The van der Waals surface area contributed by atoms with E-state index in [1.165, 1.54) is 17.7 Å². The SMILES string of the molecule is CN[C@@H](C)C(=O)N[C@H](C(=O)N1CCN(CC2CC2)C[C@H]1C(=O)O)C(C)C. The van der Waals surface area contributed by atoms with E-state index in [-0.39, 0.29) is 17.7 Å². The highest BCUT2D eigenvalue weighted by Gasteiger charge is 2.40. The van der Waals surface area contributed by atoms with Gasteiger partial charge >= 0.3 is 5.97 Å². The maximum Gasteiger partial charge on any atom is 0.327 e. The van der Waals surface area contributed by atoms with Gasteiger partial charge in [-0.1, -0.05) is 13.8 Å². The summed E-state index contributed by atoms with van der Waals surface area (Å²) in [7, 11) is 1.68. The molecule has 0 aromatic carbocycles. The molecule has 2 fully saturated rings. The predicted octanol–water partition coefficient (Wildman–Crippen LogP) is -0.257. The van der Waals surface area contributed by atoms with Gasteiger partial charge in [0.15, 0.2) is 0 Å². The minimum Gasteiger partial charge on any atom is -0.480 e. The van der Waals surface area contributed by atoms with Gasteiger partial charge in [-0.2, -0.15) is 0 Å². The minimum absolute atomic E-state index is 0.130. The summed E-state index contributed by atoms with van der Waals surface area (Å²) in [6.45, 7) is 7.74. The number of carboxylic acid groups (broad SMARTS) is 1. The molecule has 0 bridgehead atoms. The molecule has 1 aliphatic carbocycles. The van der Waals surface area contributed by atoms with E-state index in [0.717, 1.165) is 6.54 Å². The van der Waals surface area contributed by atoms with E-state index in [1.807, 2.05) is 13.8 Å². The Bertz CT molecular complexity index is 535. The maximum atomic E-state index is 13.1. The van der Waals surface area contributed by atoms with Gasteiger partial charge in [-0.25, -0.2) is 4.79 Å². The lowest BCUT2D eigenvalue weighted by Crippen LogP contribution is -2.63. The summed E-state index contributed by atoms with van der Waals surface area (Å²) in [5.74, 6) is -1.02. The number of aliphatic carboxylic acids is 1. The Morgan fingerprint density at radius 3 is 2.31 bits per heavy atom. The van der Waals surface area contributed by atoms with Gasteiger partial charge in [-0.15, -0.1) is 0 Å². The highest BCUT2D eigenvalue weighted by molar-refractivity contribution is 5.92. The van der Waals surface area contributed by atoms with Crippen LogP contribution in [0.5, 0.6) is 0 Å². The van der Waals surface area contributed by atoms with Crippen LogP contribution in [0.25, 0.3) is 0 Å². The number of amides is 2. The normalized spacial score (nSPS) is 23.6. The van der Waals surface area contributed by atoms with Gasteiger partial charge in [-0.3, -0.25) is 14.5 Å². The summed E-state index contributed by atoms with van der Waals surface area (Å²) in [6, 6.07) is -2.01. The molecule has 8 nitrogen and oxygen atoms in total. The molecule has 8 heteroatoms. The predicted molar refractivity (Wildman–Crippen MR) is 97.6 cm³/mol. The number of carboxylic acids is 1. The van der Waals surface area contributed by atoms with Gasteiger partial charge in [0.1, 0.15) is 12.1 Å². The fraction of sp³-hybridized carbons (Fsp3) is 0.833. The molecule has 0 aromatic heterocycles. The quantitative estimate of drug-likeness (QED) is 0.546. The number of hydrogen-bond donors (Lipinski definition) is 3. The molecule has 2 amide bonds. The highest BCUT2D eigenvalue weighted by atomic mass is 16.4. The topological polar surface area (TPSA) is 102 Å². The lowest BCUT2D eigenvalue weighted by molar-refractivity contribution is -0.155. The van der Waals surface area contributed by atoms with Crippen molar-refractivity contribution in [2.45, 2.75) is 51.7 Å². The smallest absolute Gasteiger partial charge is 0.327 e. The first-order valence-corrected chi connectivity index (χ1v) is 9.47. The fourth-order valence-corrected chi connectivity index (χ4v) is 3.25. The van der Waals surface area contributed by atoms with Crippen molar-refractivity contribution >= 4 is 17.8 Å². The third-order valence-corrected chi connectivity index (χ3v) is 5.30. The number of nitrogens with zero attached hydrogens (tertiary/aromatic N) is 2. The van der Waals surface area contributed by atoms with Crippen LogP contribution in [-0.2, 0) is 14.4 Å². The van der Waals surface area contributed by atoms with Gasteiger partial charge in [0.05, 0.1) is 6.04 Å². The summed E-state index contributed by atoms with van der Waals surface area (Å²) < 4.78 is 0. The van der Waals surface area contributed by atoms with Crippen LogP contribution in [0.2, 0.25) is 0 Å². The molecule has 3 N–H and O–H groups in total. The van der Waals surface area contributed by atoms with Crippen molar-refractivity contribution in [3.63, 3.8) is 0 Å². The fourth-order valence-electron chi connectivity index (χ4n) is 3.25. The average Bonchev–Trinajstić information content (AvgIpc) is 3.41. The largest absolute Gasteiger partial charge is 0.480 e. The molecule has 2 aliphatic rings. The van der Waals surface area contributed by atoms with Gasteiger partial charge in [0.25, 0.3) is 0 Å². The molecule has 26 heavy (non-hydrogen) atoms. The van der Waals surface area contributed by atoms with Gasteiger partial charge in [0, 0.05) is 26.2 Å². The number of rotatable bonds is 8. The van der Waals surface area contributed by atoms with Crippen LogP contribution < -0.4 is 10.6 Å². The summed E-state index contributed by atoms with van der Waals surface area (Å²) in [5.41, 5.74) is 0. The number of nitrogens with one attached hydrogen (secondary N) is 2. The second-order valence-corrected chi connectivity index (χ2v) is 7.83. The Morgan fingerprint density at radius 1 is 1.15 bits per heavy atom. The van der Waals surface area contributed by atoms with Crippen LogP contribution in [0.4, 0.5) is 0 Å². The Hall–Kier alpha value is -1.67. The third kappa shape index (κ3) is 5.17. The molecule has 1 saturated heterocycles. The van der Waals surface area contributed by atoms with Crippen molar-refractivity contribution in [3.8, 4) is 0 Å². The maximum absolute atomic E-state index is 13.1. The number of carbonyl (C=O) groups excluding carboxylic acids is 2. The van der Waals surface area contributed by atoms with Crippen molar-refractivity contribution in [1.29, 1.82) is 0 Å². The van der Waals surface area contributed by atoms with Gasteiger partial charge in [-0.05, 0) is 38.6 Å². The monoisotopic (exact) mass is 368 g/mol. The molecule has 1 heterocycles. The molecule has 0 spiro atoms. The summed E-state index contributed by atoms with van der Waals surface area (Å²) >= 11 is 0. The first-order valence-electron chi connectivity index (χ1n) is 9.47. The number of piperazine rings is 1. The molecule has 2 rings (SSSR count). The Kier molecular flexibility index (Phi) is 7.00. The molecule has 0 radical (unpaired) electrons. The van der Waals surface area contributed by atoms with E-state index >= 15 is 0 Å². The van der Waals surface area contributed by atoms with Crippen LogP contribution in [0.3, 0.4) is 0 Å². The highest BCUT2D eigenvalue weighted by Crippen LogP contribution is 2.30. The molecule has 0 unspecified atom stereocenters. The first-order chi connectivity index (χ1) is 12.2. The average molecular weight is 368 g/mol. The summed E-state index contributed by atoms with van der Waals surface area (Å²) in [6.07, 6.45) is 2.42. The van der Waals surface area contributed by atoms with Crippen LogP contribution in [0, 0.1) is 11.8 Å². The third-order valence-electron chi connectivity index (χ3n) is 5.30. The Balaban J connectivity index is 2.07. The second kappa shape index (κ2) is 8.81. The van der Waals surface area contributed by atoms with E-state index in [4.69, 9.17) is 0 Å². The molecular formula is C18H32N4O4. The summed E-state index contributed by atoms with van der Waals surface area (Å²) in [5, 5.41) is 15.3. The zero-order valence-electron chi connectivity index (χ0n) is 16.2. The molecule has 1 saturated carbocycles. The van der Waals surface area contributed by atoms with E-state index in [1.54, 1.807) is 14.0 Å². The number of hydrogen-bond acceptors (Lipinski definition) is 5. The zero-order valence-corrected chi connectivity index (χ0v) is 16.2. The van der Waals surface area contributed by atoms with Crippen LogP contribution in [0.1, 0.15) is 33.6 Å². The number of likely N-dealkylation sites (N-methyl/N-ethyl adjacent to an activating group) is 1. The molecule has 0 aromatic rings. The van der Waals surface area contributed by atoms with E-state index in [9.17, 15) is 19.5 Å². The van der Waals surface area contributed by atoms with Crippen LogP contribution >= 0.6 is 0 Å². The first kappa shape index (κ1) is 20.6. The van der Waals surface area contributed by atoms with Crippen molar-refractivity contribution in [3.05, 3.63) is 0 Å². The molecule has 3 atom stereocenters. The standard InChI is InChI=1S/C18H32N4O4/c1-11(2)15(20-16(23)12(3)19-4)17(24)22-8-7-21(9-13-5-6-13)10-14(22)18(25)26/h11-15,19H,5-10H2,1-4H3,(H,20,23)(H,25,26)/t12-,14-,15-/m0/s1. The van der Waals surface area contributed by atoms with Crippen molar-refractivity contribution in [2.75, 3.05) is 33.2 Å². The minimum atomic E-state index is -0.990. The van der Waals surface area contributed by atoms with Crippen LogP contribution in [-0.4, -0.2) is 84.0 Å². The van der Waals surface area contributed by atoms with Crippen molar-refractivity contribution < 1.29 is 19.5 Å². The zero-order chi connectivity index (χ0) is 19.4. The Labute approximate surface area is 155 Å². The van der Waals surface area contributed by atoms with Crippen molar-refractivity contribution in [2.24, 2.45) is 11.8 Å². The lowest BCUT2D eigenvalue weighted by Gasteiger charge is -2.41. The van der Waals surface area contributed by atoms with Gasteiger partial charge < -0.3 is 20.6 Å². The lowest BCUT2D eigenvalue weighted by atomic mass is 10.00. The number of carbonyl (C=O) groups is 3. The molecule has 148 valence electrons. The van der Waals surface area contributed by atoms with Crippen molar-refractivity contribution in [1.82, 2.24) is 20.4 Å². The molecule has 1 aliphatic heterocycles.